The van der Waals surface area contributed by atoms with Gasteiger partial charge in [0.2, 0.25) is 5.91 Å². The second-order valence-corrected chi connectivity index (χ2v) is 7.43. The highest BCUT2D eigenvalue weighted by Crippen LogP contribution is 2.51. The van der Waals surface area contributed by atoms with Gasteiger partial charge in [-0.15, -0.1) is 0 Å². The zero-order valence-corrected chi connectivity index (χ0v) is 15.4. The van der Waals surface area contributed by atoms with Gasteiger partial charge in [-0.25, -0.2) is 18.2 Å². The van der Waals surface area contributed by atoms with Crippen LogP contribution in [0, 0.1) is 17.5 Å². The van der Waals surface area contributed by atoms with E-state index in [0.29, 0.717) is 17.7 Å². The number of hydrogen-bond donors (Lipinski definition) is 1. The van der Waals surface area contributed by atoms with Gasteiger partial charge in [-0.1, -0.05) is 6.58 Å². The summed E-state index contributed by atoms with van der Waals surface area (Å²) in [6.07, 6.45) is -4.33. The molecule has 0 saturated carbocycles. The highest BCUT2D eigenvalue weighted by molar-refractivity contribution is 5.79. The molecule has 2 N–H and O–H groups in total. The first-order chi connectivity index (χ1) is 14.0. The van der Waals surface area contributed by atoms with Crippen molar-refractivity contribution in [2.75, 3.05) is 6.54 Å². The Morgan fingerprint density at radius 3 is 2.57 bits per heavy atom. The molecule has 1 saturated heterocycles. The van der Waals surface area contributed by atoms with Crippen molar-refractivity contribution < 1.29 is 31.1 Å². The molecule has 30 heavy (non-hydrogen) atoms. The Kier molecular flexibility index (Phi) is 4.68. The summed E-state index contributed by atoms with van der Waals surface area (Å²) in [5.74, 6) is -3.93. The summed E-state index contributed by atoms with van der Waals surface area (Å²) in [6, 6.07) is -1.36. The van der Waals surface area contributed by atoms with Crippen molar-refractivity contribution in [3.05, 3.63) is 65.0 Å². The average Bonchev–Trinajstić information content (AvgIpc) is 3.28. The standard InChI is InChI=1S/C19H16F6N4O/c1-8-14-7-28(17(8)18-27-6-15(29(14)18)19(23,24)25)16(30)4-10(26)2-9-3-12(21)13(22)5-11(9)20/h3,5-6,10,14,17H,1-2,4,7,26H2/t10-,14+,17-/m1/s1. The number of fused-ring (bicyclic) bond motifs is 5. The van der Waals surface area contributed by atoms with Gasteiger partial charge < -0.3 is 15.2 Å². The molecule has 0 spiro atoms. The average molecular weight is 430 g/mol. The van der Waals surface area contributed by atoms with Gasteiger partial charge in [0.15, 0.2) is 11.6 Å². The van der Waals surface area contributed by atoms with Crippen molar-refractivity contribution in [3.8, 4) is 0 Å². The molecule has 3 atom stereocenters. The molecule has 5 nitrogen and oxygen atoms in total. The predicted octanol–water partition coefficient (Wildman–Crippen LogP) is 3.27. The minimum Gasteiger partial charge on any atom is -0.327 e. The van der Waals surface area contributed by atoms with Crippen LogP contribution in [0.1, 0.15) is 35.6 Å². The molecule has 0 unspecified atom stereocenters. The Hall–Kier alpha value is -2.82. The largest absolute Gasteiger partial charge is 0.433 e. The Bertz CT molecular complexity index is 1050. The number of carbonyl (C=O) groups excluding carboxylic acids is 1. The summed E-state index contributed by atoms with van der Waals surface area (Å²) < 4.78 is 80.8. The summed E-state index contributed by atoms with van der Waals surface area (Å²) in [5.41, 5.74) is 5.25. The summed E-state index contributed by atoms with van der Waals surface area (Å²) in [6.45, 7) is 3.80. The minimum atomic E-state index is -4.58. The molecular formula is C19H16F6N4O. The van der Waals surface area contributed by atoms with Crippen molar-refractivity contribution in [3.63, 3.8) is 0 Å². The molecule has 1 aromatic carbocycles. The van der Waals surface area contributed by atoms with Crippen LogP contribution >= 0.6 is 0 Å². The lowest BCUT2D eigenvalue weighted by molar-refractivity contribution is -0.144. The van der Waals surface area contributed by atoms with Crippen molar-refractivity contribution in [1.29, 1.82) is 0 Å². The van der Waals surface area contributed by atoms with Crippen molar-refractivity contribution in [1.82, 2.24) is 14.5 Å². The fourth-order valence-electron chi connectivity index (χ4n) is 4.12. The van der Waals surface area contributed by atoms with Crippen LogP contribution in [0.2, 0.25) is 0 Å². The van der Waals surface area contributed by atoms with Crippen LogP contribution in [0.3, 0.4) is 0 Å². The molecule has 0 aliphatic carbocycles. The third-order valence-corrected chi connectivity index (χ3v) is 5.46. The van der Waals surface area contributed by atoms with Gasteiger partial charge in [-0.3, -0.25) is 4.79 Å². The number of likely N-dealkylation sites (tertiary alicyclic amines) is 1. The topological polar surface area (TPSA) is 64.2 Å². The molecule has 2 aliphatic heterocycles. The lowest BCUT2D eigenvalue weighted by atomic mass is 10.0. The number of aromatic nitrogens is 2. The van der Waals surface area contributed by atoms with Crippen molar-refractivity contribution in [2.45, 2.75) is 37.1 Å². The maximum atomic E-state index is 13.8. The normalized spacial score (nSPS) is 21.3. The van der Waals surface area contributed by atoms with Crippen LogP contribution in [-0.4, -0.2) is 32.9 Å². The van der Waals surface area contributed by atoms with E-state index in [0.717, 1.165) is 10.8 Å². The van der Waals surface area contributed by atoms with E-state index in [1.807, 2.05) is 0 Å². The summed E-state index contributed by atoms with van der Waals surface area (Å²) in [7, 11) is 0. The number of hydrogen-bond acceptors (Lipinski definition) is 3. The first-order valence-electron chi connectivity index (χ1n) is 9.00. The van der Waals surface area contributed by atoms with Crippen LogP contribution in [0.15, 0.2) is 30.5 Å². The van der Waals surface area contributed by atoms with Crippen LogP contribution in [0.4, 0.5) is 26.3 Å². The fraction of sp³-hybridized carbons (Fsp3) is 0.368. The summed E-state index contributed by atoms with van der Waals surface area (Å²) in [5, 5.41) is 0. The van der Waals surface area contributed by atoms with Crippen molar-refractivity contribution in [2.24, 2.45) is 5.73 Å². The molecule has 2 aromatic rings. The van der Waals surface area contributed by atoms with E-state index in [1.54, 1.807) is 0 Å². The third-order valence-electron chi connectivity index (χ3n) is 5.46. The van der Waals surface area contributed by atoms with Crippen LogP contribution in [0.25, 0.3) is 0 Å². The summed E-state index contributed by atoms with van der Waals surface area (Å²) >= 11 is 0. The number of nitrogens with two attached hydrogens (primary N) is 1. The molecule has 3 heterocycles. The lowest BCUT2D eigenvalue weighted by Crippen LogP contribution is -2.40. The van der Waals surface area contributed by atoms with Crippen LogP contribution in [-0.2, 0) is 17.4 Å². The monoisotopic (exact) mass is 430 g/mol. The molecule has 2 aliphatic rings. The Morgan fingerprint density at radius 1 is 1.23 bits per heavy atom. The molecule has 11 heteroatoms. The zero-order valence-electron chi connectivity index (χ0n) is 15.4. The number of carbonyl (C=O) groups is 1. The number of imidazole rings is 1. The highest BCUT2D eigenvalue weighted by Gasteiger charge is 2.52. The molecule has 2 bridgehead atoms. The molecule has 4 rings (SSSR count). The number of nitrogens with zero attached hydrogens (tertiary/aromatic N) is 3. The van der Waals surface area contributed by atoms with Crippen molar-refractivity contribution >= 4 is 5.91 Å². The highest BCUT2D eigenvalue weighted by atomic mass is 19.4. The Balaban J connectivity index is 1.49. The predicted molar refractivity (Wildman–Crippen MR) is 92.5 cm³/mol. The number of rotatable bonds is 4. The quantitative estimate of drug-likeness (QED) is 0.460. The lowest BCUT2D eigenvalue weighted by Gasteiger charge is -2.29. The van der Waals surface area contributed by atoms with E-state index in [1.165, 1.54) is 4.90 Å². The molecule has 1 fully saturated rings. The van der Waals surface area contributed by atoms with E-state index in [9.17, 15) is 31.1 Å². The van der Waals surface area contributed by atoms with E-state index >= 15 is 0 Å². The van der Waals surface area contributed by atoms with Gasteiger partial charge in [0.05, 0.1) is 12.2 Å². The fourth-order valence-corrected chi connectivity index (χ4v) is 4.12. The van der Waals surface area contributed by atoms with E-state index in [2.05, 4.69) is 11.6 Å². The first kappa shape index (κ1) is 20.5. The van der Waals surface area contributed by atoms with E-state index in [-0.39, 0.29) is 30.8 Å². The third kappa shape index (κ3) is 3.17. The zero-order chi connectivity index (χ0) is 22.0. The molecule has 1 aromatic heterocycles. The molecule has 0 radical (unpaired) electrons. The van der Waals surface area contributed by atoms with Gasteiger partial charge in [0, 0.05) is 25.1 Å². The molecule has 160 valence electrons. The van der Waals surface area contributed by atoms with Gasteiger partial charge in [-0.05, 0) is 23.6 Å². The number of alkyl halides is 3. The smallest absolute Gasteiger partial charge is 0.327 e. The number of halogens is 6. The second kappa shape index (κ2) is 6.86. The maximum Gasteiger partial charge on any atom is 0.433 e. The van der Waals surface area contributed by atoms with Gasteiger partial charge in [0.25, 0.3) is 0 Å². The Labute approximate surface area is 166 Å². The van der Waals surface area contributed by atoms with Gasteiger partial charge in [0.1, 0.15) is 23.4 Å². The Morgan fingerprint density at radius 2 is 1.90 bits per heavy atom. The maximum absolute atomic E-state index is 13.8. The van der Waals surface area contributed by atoms with E-state index < -0.39 is 53.4 Å². The van der Waals surface area contributed by atoms with E-state index in [4.69, 9.17) is 5.73 Å². The number of amides is 1. The summed E-state index contributed by atoms with van der Waals surface area (Å²) in [4.78, 5) is 17.9. The molecule has 1 amide bonds. The molecular weight excluding hydrogens is 414 g/mol. The minimum absolute atomic E-state index is 0.0129. The SMILES string of the molecule is C=C1[C@@H]2c3ncc(C(F)(F)F)n3[C@H]1CN2C(=O)C[C@H](N)Cc1cc(F)c(F)cc1F. The van der Waals surface area contributed by atoms with Crippen LogP contribution in [0.5, 0.6) is 0 Å². The van der Waals surface area contributed by atoms with Gasteiger partial charge >= 0.3 is 6.18 Å². The second-order valence-electron chi connectivity index (χ2n) is 7.43. The van der Waals surface area contributed by atoms with Crippen LogP contribution < -0.4 is 5.73 Å². The first-order valence-corrected chi connectivity index (χ1v) is 9.00. The number of benzene rings is 1. The van der Waals surface area contributed by atoms with Gasteiger partial charge in [-0.2, -0.15) is 13.2 Å².